The number of hydrogen-bond donors (Lipinski definition) is 0. The minimum absolute atomic E-state index is 0.0251. The van der Waals surface area contributed by atoms with Crippen molar-refractivity contribution in [2.75, 3.05) is 13.7 Å². The van der Waals surface area contributed by atoms with Gasteiger partial charge in [-0.3, -0.25) is 0 Å². The number of nitrogens with zero attached hydrogens (tertiary/aromatic N) is 4. The molecule has 0 N–H and O–H groups in total. The topological polar surface area (TPSA) is 113 Å². The minimum Gasteiger partial charge on any atom is -0.493 e. The summed E-state index contributed by atoms with van der Waals surface area (Å²) in [5.74, 6) is 1.35. The highest BCUT2D eigenvalue weighted by molar-refractivity contribution is 6.33. The van der Waals surface area contributed by atoms with Crippen molar-refractivity contribution in [1.82, 2.24) is 19.9 Å². The van der Waals surface area contributed by atoms with Crippen LogP contribution in [0.25, 0.3) is 22.8 Å². The molecule has 3 aromatic rings. The lowest BCUT2D eigenvalue weighted by atomic mass is 9.99. The summed E-state index contributed by atoms with van der Waals surface area (Å²) in [6.07, 6.45) is -1.68. The molecular formula is C33H43ClN4O6. The van der Waals surface area contributed by atoms with Gasteiger partial charge in [-0.15, -0.1) is 0 Å². The Kier molecular flexibility index (Phi) is 10.5. The molecule has 238 valence electrons. The molecule has 0 aliphatic heterocycles. The van der Waals surface area contributed by atoms with E-state index in [9.17, 15) is 9.59 Å². The van der Waals surface area contributed by atoms with E-state index < -0.39 is 29.4 Å². The first-order chi connectivity index (χ1) is 20.3. The van der Waals surface area contributed by atoms with Crippen LogP contribution in [0.5, 0.6) is 11.8 Å². The van der Waals surface area contributed by atoms with Crippen molar-refractivity contribution in [2.24, 2.45) is 5.41 Å². The lowest BCUT2D eigenvalue weighted by Gasteiger charge is -2.32. The first kappa shape index (κ1) is 34.6. The Morgan fingerprint density at radius 2 is 1.36 bits per heavy atom. The molecule has 0 saturated carbocycles. The molecule has 1 atom stereocenters. The van der Waals surface area contributed by atoms with E-state index in [2.05, 4.69) is 35.7 Å². The molecule has 11 heteroatoms. The number of hydrogen-bond acceptors (Lipinski definition) is 9. The first-order valence-electron chi connectivity index (χ1n) is 14.3. The third kappa shape index (κ3) is 9.80. The number of rotatable bonds is 7. The number of aromatic nitrogens is 3. The molecule has 0 aliphatic rings. The molecule has 2 amide bonds. The van der Waals surface area contributed by atoms with E-state index in [1.807, 2.05) is 24.3 Å². The van der Waals surface area contributed by atoms with Gasteiger partial charge in [0.1, 0.15) is 17.0 Å². The summed E-state index contributed by atoms with van der Waals surface area (Å²) in [5, 5.41) is 0.354. The highest BCUT2D eigenvalue weighted by Gasteiger charge is 2.36. The third-order valence-electron chi connectivity index (χ3n) is 5.86. The molecule has 3 rings (SSSR count). The Labute approximate surface area is 265 Å². The molecule has 44 heavy (non-hydrogen) atoms. The van der Waals surface area contributed by atoms with Crippen LogP contribution in [-0.2, 0) is 9.47 Å². The minimum atomic E-state index is -0.838. The van der Waals surface area contributed by atoms with Gasteiger partial charge in [0, 0.05) is 11.1 Å². The van der Waals surface area contributed by atoms with Gasteiger partial charge < -0.3 is 18.9 Å². The first-order valence-corrected chi connectivity index (χ1v) is 14.7. The summed E-state index contributed by atoms with van der Waals surface area (Å²) in [6.45, 7) is 18.9. The SMILES string of the molecule is COc1nc(-c2ccc(OCC(C)(C)C)cc2)nc(-c2cc(C(C)N(C(=O)OC(C)(C)C)C(=O)OC(C)(C)C)ccc2Cl)n1. The summed E-state index contributed by atoms with van der Waals surface area (Å²) in [5.41, 5.74) is 0.0983. The summed E-state index contributed by atoms with van der Waals surface area (Å²) >= 11 is 6.65. The second kappa shape index (κ2) is 13.4. The van der Waals surface area contributed by atoms with E-state index in [0.717, 1.165) is 16.2 Å². The van der Waals surface area contributed by atoms with Crippen molar-refractivity contribution in [3.8, 4) is 34.5 Å². The van der Waals surface area contributed by atoms with Crippen LogP contribution in [0.1, 0.15) is 80.8 Å². The number of carbonyl (C=O) groups excluding carboxylic acids is 2. The molecule has 0 aliphatic carbocycles. The second-order valence-electron chi connectivity index (χ2n) is 13.6. The van der Waals surface area contributed by atoms with Gasteiger partial charge in [0.15, 0.2) is 11.6 Å². The molecule has 10 nitrogen and oxygen atoms in total. The maximum atomic E-state index is 13.2. The smallest absolute Gasteiger partial charge is 0.420 e. The van der Waals surface area contributed by atoms with Gasteiger partial charge in [0.05, 0.1) is 24.8 Å². The Balaban J connectivity index is 2.02. The maximum absolute atomic E-state index is 13.2. The van der Waals surface area contributed by atoms with Gasteiger partial charge in [-0.2, -0.15) is 9.97 Å². The molecule has 1 aromatic heterocycles. The highest BCUT2D eigenvalue weighted by atomic mass is 35.5. The number of imide groups is 1. The van der Waals surface area contributed by atoms with E-state index in [1.165, 1.54) is 7.11 Å². The summed E-state index contributed by atoms with van der Waals surface area (Å²) in [6, 6.07) is 11.8. The summed E-state index contributed by atoms with van der Waals surface area (Å²) in [4.78, 5) is 41.0. The average molecular weight is 627 g/mol. The fourth-order valence-electron chi connectivity index (χ4n) is 3.83. The van der Waals surface area contributed by atoms with Gasteiger partial charge in [0.25, 0.3) is 0 Å². The fraction of sp³-hybridized carbons (Fsp3) is 0.485. The molecule has 1 unspecified atom stereocenters. The molecular weight excluding hydrogens is 584 g/mol. The number of amides is 2. The van der Waals surface area contributed by atoms with E-state index in [0.29, 0.717) is 28.6 Å². The zero-order valence-corrected chi connectivity index (χ0v) is 28.2. The number of ether oxygens (including phenoxy) is 4. The maximum Gasteiger partial charge on any atom is 0.420 e. The lowest BCUT2D eigenvalue weighted by molar-refractivity contribution is -0.00609. The van der Waals surface area contributed by atoms with Crippen molar-refractivity contribution in [3.05, 3.63) is 53.1 Å². The quantitative estimate of drug-likeness (QED) is 0.254. The van der Waals surface area contributed by atoms with Crippen LogP contribution in [0.4, 0.5) is 9.59 Å². The Hall–Kier alpha value is -3.92. The van der Waals surface area contributed by atoms with Crippen LogP contribution in [0, 0.1) is 5.41 Å². The van der Waals surface area contributed by atoms with E-state index in [-0.39, 0.29) is 17.2 Å². The van der Waals surface area contributed by atoms with Crippen LogP contribution in [0.3, 0.4) is 0 Å². The normalized spacial score (nSPS) is 12.7. The molecule has 1 heterocycles. The standard InChI is InChI=1S/C33H43ClN4O6/c1-20(38(29(39)43-32(5,6)7)30(40)44-33(8,9)10)22-14-17-25(34)24(18-22)27-35-26(36-28(37-27)41-11)21-12-15-23(16-13-21)42-19-31(2,3)4/h12-18,20H,19H2,1-11H3. The van der Waals surface area contributed by atoms with E-state index in [1.54, 1.807) is 66.7 Å². The monoisotopic (exact) mass is 626 g/mol. The number of carbonyl (C=O) groups is 2. The van der Waals surface area contributed by atoms with Gasteiger partial charge in [0.2, 0.25) is 0 Å². The average Bonchev–Trinajstić information content (AvgIpc) is 2.89. The summed E-state index contributed by atoms with van der Waals surface area (Å²) in [7, 11) is 1.46. The van der Waals surface area contributed by atoms with Crippen LogP contribution in [-0.4, -0.2) is 57.0 Å². The Morgan fingerprint density at radius 1 is 0.818 bits per heavy atom. The lowest BCUT2D eigenvalue weighted by Crippen LogP contribution is -2.44. The predicted molar refractivity (Wildman–Crippen MR) is 170 cm³/mol. The number of methoxy groups -OCH3 is 1. The second-order valence-corrected chi connectivity index (χ2v) is 14.0. The van der Waals surface area contributed by atoms with Gasteiger partial charge in [-0.05, 0) is 95.8 Å². The zero-order chi connectivity index (χ0) is 33.0. The third-order valence-corrected chi connectivity index (χ3v) is 6.19. The van der Waals surface area contributed by atoms with Gasteiger partial charge in [-0.25, -0.2) is 19.5 Å². The molecule has 0 radical (unpaired) electrons. The van der Waals surface area contributed by atoms with Gasteiger partial charge >= 0.3 is 18.2 Å². The van der Waals surface area contributed by atoms with Crippen LogP contribution in [0.2, 0.25) is 5.02 Å². The van der Waals surface area contributed by atoms with Crippen molar-refractivity contribution in [2.45, 2.75) is 86.5 Å². The van der Waals surface area contributed by atoms with E-state index in [4.69, 9.17) is 30.5 Å². The van der Waals surface area contributed by atoms with Crippen molar-refractivity contribution >= 4 is 23.8 Å². The largest absolute Gasteiger partial charge is 0.493 e. The summed E-state index contributed by atoms with van der Waals surface area (Å²) < 4.78 is 22.4. The van der Waals surface area contributed by atoms with Crippen LogP contribution >= 0.6 is 11.6 Å². The van der Waals surface area contributed by atoms with Crippen molar-refractivity contribution < 1.29 is 28.5 Å². The highest BCUT2D eigenvalue weighted by Crippen LogP contribution is 2.34. The Morgan fingerprint density at radius 3 is 1.86 bits per heavy atom. The zero-order valence-electron chi connectivity index (χ0n) is 27.4. The molecule has 0 fully saturated rings. The molecule has 2 aromatic carbocycles. The molecule has 0 bridgehead atoms. The molecule has 0 spiro atoms. The van der Waals surface area contributed by atoms with Crippen molar-refractivity contribution in [1.29, 1.82) is 0 Å². The number of halogens is 1. The molecule has 0 saturated heterocycles. The van der Waals surface area contributed by atoms with E-state index >= 15 is 0 Å². The number of benzene rings is 2. The Bertz CT molecular complexity index is 1450. The predicted octanol–water partition coefficient (Wildman–Crippen LogP) is 8.53. The van der Waals surface area contributed by atoms with Crippen molar-refractivity contribution in [3.63, 3.8) is 0 Å². The van der Waals surface area contributed by atoms with Crippen LogP contribution < -0.4 is 9.47 Å². The fourth-order valence-corrected chi connectivity index (χ4v) is 4.04. The van der Waals surface area contributed by atoms with Gasteiger partial charge in [-0.1, -0.05) is 38.4 Å². The van der Waals surface area contributed by atoms with Crippen LogP contribution in [0.15, 0.2) is 42.5 Å².